The van der Waals surface area contributed by atoms with Gasteiger partial charge in [-0.3, -0.25) is 4.72 Å². The van der Waals surface area contributed by atoms with Gasteiger partial charge in [-0.05, 0) is 31.0 Å². The number of anilines is 1. The normalized spacial score (nSPS) is 11.4. The van der Waals surface area contributed by atoms with Gasteiger partial charge in [0.05, 0.1) is 4.90 Å². The number of nitrogens with one attached hydrogen (secondary N) is 1. The van der Waals surface area contributed by atoms with Crippen LogP contribution in [0.5, 0.6) is 0 Å². The van der Waals surface area contributed by atoms with Gasteiger partial charge in [-0.2, -0.15) is 0 Å². The fourth-order valence-corrected chi connectivity index (χ4v) is 3.41. The molecule has 0 atom stereocenters. The summed E-state index contributed by atoms with van der Waals surface area (Å²) >= 11 is 1.14. The van der Waals surface area contributed by atoms with Crippen molar-refractivity contribution in [1.29, 1.82) is 0 Å². The minimum absolute atomic E-state index is 0.269. The summed E-state index contributed by atoms with van der Waals surface area (Å²) in [6, 6.07) is 5.29. The Hall–Kier alpha value is -1.47. The van der Waals surface area contributed by atoms with Crippen molar-refractivity contribution >= 4 is 26.5 Å². The second kappa shape index (κ2) is 4.42. The zero-order valence-corrected chi connectivity index (χ0v) is 11.0. The third-order valence-electron chi connectivity index (χ3n) is 2.21. The van der Waals surface area contributed by atoms with Crippen LogP contribution in [0.2, 0.25) is 0 Å². The van der Waals surface area contributed by atoms with E-state index in [1.165, 1.54) is 5.51 Å². The number of benzene rings is 1. The summed E-state index contributed by atoms with van der Waals surface area (Å²) in [6.07, 6.45) is 0. The summed E-state index contributed by atoms with van der Waals surface area (Å²) in [5.41, 5.74) is 3.07. The van der Waals surface area contributed by atoms with E-state index in [0.717, 1.165) is 16.9 Å². The van der Waals surface area contributed by atoms with E-state index in [2.05, 4.69) is 14.9 Å². The van der Waals surface area contributed by atoms with Gasteiger partial charge in [0.1, 0.15) is 5.51 Å². The van der Waals surface area contributed by atoms with Crippen molar-refractivity contribution in [2.75, 3.05) is 4.72 Å². The molecule has 0 fully saturated rings. The Balaban J connectivity index is 2.41. The van der Waals surface area contributed by atoms with Gasteiger partial charge >= 0.3 is 0 Å². The molecule has 0 saturated carbocycles. The molecule has 1 N–H and O–H groups in total. The number of sulfonamides is 1. The molecule has 1 heterocycles. The van der Waals surface area contributed by atoms with Gasteiger partial charge in [0.25, 0.3) is 10.0 Å². The lowest BCUT2D eigenvalue weighted by molar-refractivity contribution is 0.600. The predicted octanol–water partition coefficient (Wildman–Crippen LogP) is 1.96. The van der Waals surface area contributed by atoms with Crippen LogP contribution < -0.4 is 4.72 Å². The van der Waals surface area contributed by atoms with Gasteiger partial charge in [-0.15, -0.1) is 10.2 Å². The standard InChI is InChI=1S/C10H11N3O2S2/c1-7-3-4-8(2)9(5-7)17(14,15)13-10-12-11-6-16-10/h3-6H,1-2H3,(H,12,13). The molecule has 0 unspecified atom stereocenters. The van der Waals surface area contributed by atoms with E-state index in [0.29, 0.717) is 5.56 Å². The minimum atomic E-state index is -3.58. The summed E-state index contributed by atoms with van der Waals surface area (Å²) in [7, 11) is -3.58. The number of rotatable bonds is 3. The Morgan fingerprint density at radius 2 is 2.06 bits per heavy atom. The largest absolute Gasteiger partial charge is 0.263 e. The fourth-order valence-electron chi connectivity index (χ4n) is 1.38. The van der Waals surface area contributed by atoms with Crippen LogP contribution in [0.15, 0.2) is 28.6 Å². The number of hydrogen-bond acceptors (Lipinski definition) is 5. The zero-order chi connectivity index (χ0) is 12.5. The second-order valence-corrected chi connectivity index (χ2v) is 6.10. The molecule has 1 aromatic carbocycles. The van der Waals surface area contributed by atoms with Crippen LogP contribution in [0.3, 0.4) is 0 Å². The Bertz CT molecular complexity index is 621. The average molecular weight is 269 g/mol. The maximum Gasteiger partial charge on any atom is 0.263 e. The molecule has 0 spiro atoms. The molecule has 2 aromatic rings. The molecule has 2 rings (SSSR count). The van der Waals surface area contributed by atoms with E-state index < -0.39 is 10.0 Å². The molecule has 0 aliphatic rings. The fraction of sp³-hybridized carbons (Fsp3) is 0.200. The molecule has 0 aliphatic heterocycles. The average Bonchev–Trinajstić information content (AvgIpc) is 2.73. The van der Waals surface area contributed by atoms with Crippen LogP contribution in [0.25, 0.3) is 0 Å². The van der Waals surface area contributed by atoms with E-state index in [9.17, 15) is 8.42 Å². The SMILES string of the molecule is Cc1ccc(C)c(S(=O)(=O)Nc2nncs2)c1. The van der Waals surface area contributed by atoms with E-state index >= 15 is 0 Å². The maximum absolute atomic E-state index is 12.1. The molecule has 90 valence electrons. The van der Waals surface area contributed by atoms with Gasteiger partial charge in [0.2, 0.25) is 5.13 Å². The van der Waals surface area contributed by atoms with Crippen LogP contribution in [0.4, 0.5) is 5.13 Å². The molecular weight excluding hydrogens is 258 g/mol. The van der Waals surface area contributed by atoms with E-state index in [4.69, 9.17) is 0 Å². The van der Waals surface area contributed by atoms with E-state index in [1.54, 1.807) is 19.1 Å². The molecule has 0 saturated heterocycles. The summed E-state index contributed by atoms with van der Waals surface area (Å²) in [6.45, 7) is 3.61. The summed E-state index contributed by atoms with van der Waals surface area (Å²) < 4.78 is 26.6. The minimum Gasteiger partial charge on any atom is -0.253 e. The van der Waals surface area contributed by atoms with Gasteiger partial charge < -0.3 is 0 Å². The van der Waals surface area contributed by atoms with Crippen LogP contribution >= 0.6 is 11.3 Å². The smallest absolute Gasteiger partial charge is 0.253 e. The Morgan fingerprint density at radius 3 is 2.71 bits per heavy atom. The Labute approximate surface area is 104 Å². The number of aryl methyl sites for hydroxylation is 2. The van der Waals surface area contributed by atoms with Crippen molar-refractivity contribution in [3.8, 4) is 0 Å². The number of nitrogens with zero attached hydrogens (tertiary/aromatic N) is 2. The predicted molar refractivity (Wildman–Crippen MR) is 66.6 cm³/mol. The maximum atomic E-state index is 12.1. The first-order valence-electron chi connectivity index (χ1n) is 4.85. The molecule has 0 bridgehead atoms. The van der Waals surface area contributed by atoms with Crippen LogP contribution in [0, 0.1) is 13.8 Å². The molecule has 0 aliphatic carbocycles. The highest BCUT2D eigenvalue weighted by Gasteiger charge is 2.18. The monoisotopic (exact) mass is 269 g/mol. The van der Waals surface area contributed by atoms with Crippen LogP contribution in [0.1, 0.15) is 11.1 Å². The van der Waals surface area contributed by atoms with E-state index in [-0.39, 0.29) is 10.0 Å². The van der Waals surface area contributed by atoms with Crippen LogP contribution in [-0.4, -0.2) is 18.6 Å². The molecule has 17 heavy (non-hydrogen) atoms. The highest BCUT2D eigenvalue weighted by molar-refractivity contribution is 7.93. The highest BCUT2D eigenvalue weighted by atomic mass is 32.2. The third kappa shape index (κ3) is 2.62. The van der Waals surface area contributed by atoms with Crippen LogP contribution in [-0.2, 0) is 10.0 Å². The molecule has 1 aromatic heterocycles. The summed E-state index contributed by atoms with van der Waals surface area (Å²) in [5, 5.41) is 7.51. The quantitative estimate of drug-likeness (QED) is 0.924. The lowest BCUT2D eigenvalue weighted by atomic mass is 10.2. The third-order valence-corrected chi connectivity index (χ3v) is 4.43. The van der Waals surface area contributed by atoms with E-state index in [1.807, 2.05) is 13.0 Å². The first-order valence-corrected chi connectivity index (χ1v) is 7.21. The van der Waals surface area contributed by atoms with Gasteiger partial charge in [0.15, 0.2) is 0 Å². The molecule has 0 radical (unpaired) electrons. The Morgan fingerprint density at radius 1 is 1.29 bits per heavy atom. The van der Waals surface area contributed by atoms with Crippen molar-refractivity contribution in [2.45, 2.75) is 18.7 Å². The molecule has 5 nitrogen and oxygen atoms in total. The Kier molecular flexibility index (Phi) is 3.12. The zero-order valence-electron chi connectivity index (χ0n) is 9.34. The van der Waals surface area contributed by atoms with Crippen molar-refractivity contribution in [1.82, 2.24) is 10.2 Å². The lowest BCUT2D eigenvalue weighted by Crippen LogP contribution is -2.14. The van der Waals surface area contributed by atoms with Crippen molar-refractivity contribution in [2.24, 2.45) is 0 Å². The summed E-state index contributed by atoms with van der Waals surface area (Å²) in [4.78, 5) is 0.271. The van der Waals surface area contributed by atoms with Crippen molar-refractivity contribution in [3.63, 3.8) is 0 Å². The van der Waals surface area contributed by atoms with Crippen molar-refractivity contribution < 1.29 is 8.42 Å². The second-order valence-electron chi connectivity index (χ2n) is 3.62. The topological polar surface area (TPSA) is 72.0 Å². The lowest BCUT2D eigenvalue weighted by Gasteiger charge is -2.08. The number of hydrogen-bond donors (Lipinski definition) is 1. The molecular formula is C10H11N3O2S2. The van der Waals surface area contributed by atoms with Gasteiger partial charge in [-0.25, -0.2) is 8.42 Å². The van der Waals surface area contributed by atoms with Gasteiger partial charge in [0, 0.05) is 0 Å². The summed E-state index contributed by atoms with van der Waals surface area (Å²) in [5.74, 6) is 0. The first-order chi connectivity index (χ1) is 7.99. The number of aromatic nitrogens is 2. The van der Waals surface area contributed by atoms with Crippen molar-refractivity contribution in [3.05, 3.63) is 34.8 Å². The van der Waals surface area contributed by atoms with Gasteiger partial charge in [-0.1, -0.05) is 23.5 Å². The highest BCUT2D eigenvalue weighted by Crippen LogP contribution is 2.20. The molecule has 7 heteroatoms. The molecule has 0 amide bonds. The first kappa shape index (κ1) is 12.0.